The zero-order valence-corrected chi connectivity index (χ0v) is 32.7. The van der Waals surface area contributed by atoms with Crippen LogP contribution in [0.15, 0.2) is 48.1 Å². The van der Waals surface area contributed by atoms with Gasteiger partial charge in [-0.2, -0.15) is 9.98 Å². The first kappa shape index (κ1) is 38.0. The minimum Gasteiger partial charge on any atom is -0.496 e. The Bertz CT molecular complexity index is 2770. The summed E-state index contributed by atoms with van der Waals surface area (Å²) in [5.74, 6) is 1.94. The van der Waals surface area contributed by atoms with Crippen LogP contribution in [0, 0.1) is 13.8 Å². The fraction of sp³-hybridized carbons (Fsp3) is 0.297. The quantitative estimate of drug-likeness (QED) is 0.112. The molecule has 0 fully saturated rings. The van der Waals surface area contributed by atoms with Crippen LogP contribution >= 0.6 is 11.6 Å². The normalized spacial score (nSPS) is 12.6. The van der Waals surface area contributed by atoms with Gasteiger partial charge in [0.05, 0.1) is 63.4 Å². The van der Waals surface area contributed by atoms with E-state index in [0.717, 1.165) is 33.8 Å². The number of rotatable bonds is 13. The summed E-state index contributed by atoms with van der Waals surface area (Å²) >= 11 is 6.63. The van der Waals surface area contributed by atoms with Crippen molar-refractivity contribution < 1.29 is 23.7 Å². The van der Waals surface area contributed by atoms with Gasteiger partial charge >= 0.3 is 0 Å². The topological polar surface area (TPSA) is 248 Å². The van der Waals surface area contributed by atoms with Crippen molar-refractivity contribution in [3.05, 3.63) is 76.3 Å². The van der Waals surface area contributed by atoms with Crippen LogP contribution < -0.4 is 36.6 Å². The fourth-order valence-corrected chi connectivity index (χ4v) is 7.09. The molecule has 0 bridgehead atoms. The number of aryl methyl sites for hydroxylation is 1. The Hall–Kier alpha value is -6.93. The molecule has 298 valence electrons. The second-order valence-corrected chi connectivity index (χ2v) is 13.6. The van der Waals surface area contributed by atoms with Crippen LogP contribution in [-0.4, -0.2) is 101 Å². The average molecular weight is 808 g/mol. The molecule has 8 rings (SSSR count). The highest BCUT2D eigenvalue weighted by Gasteiger charge is 2.23. The molecule has 6 aromatic heterocycles. The maximum atomic E-state index is 13.0. The molecule has 0 saturated heterocycles. The predicted octanol–water partition coefficient (Wildman–Crippen LogP) is 2.99. The maximum absolute atomic E-state index is 13.0. The van der Waals surface area contributed by atoms with E-state index >= 15 is 0 Å². The molecule has 0 saturated carbocycles. The van der Waals surface area contributed by atoms with Crippen molar-refractivity contribution in [2.45, 2.75) is 33.5 Å². The van der Waals surface area contributed by atoms with Crippen molar-refractivity contribution in [1.29, 1.82) is 0 Å². The summed E-state index contributed by atoms with van der Waals surface area (Å²) in [5.41, 5.74) is 16.9. The van der Waals surface area contributed by atoms with Crippen molar-refractivity contribution >= 4 is 57.2 Å². The first-order chi connectivity index (χ1) is 28.1. The molecule has 0 unspecified atom stereocenters. The number of carbonyl (C=O) groups is 1. The molecule has 7 aromatic rings. The molecule has 0 radical (unpaired) electrons. The maximum Gasteiger partial charge on any atom is 0.283 e. The Labute approximate surface area is 334 Å². The summed E-state index contributed by atoms with van der Waals surface area (Å²) in [5, 5.41) is 13.7. The second kappa shape index (κ2) is 15.9. The summed E-state index contributed by atoms with van der Waals surface area (Å²) in [6, 6.07) is 3.70. The van der Waals surface area contributed by atoms with Crippen LogP contribution in [0.3, 0.4) is 0 Å². The number of pyridine rings is 1. The molecular formula is C37H38ClN15O5. The van der Waals surface area contributed by atoms with Gasteiger partial charge in [0.25, 0.3) is 5.91 Å². The highest BCUT2D eigenvalue weighted by molar-refractivity contribution is 6.35. The van der Waals surface area contributed by atoms with Crippen LogP contribution in [0.1, 0.15) is 27.2 Å². The Morgan fingerprint density at radius 1 is 0.966 bits per heavy atom. The van der Waals surface area contributed by atoms with Gasteiger partial charge in [0.15, 0.2) is 11.5 Å². The van der Waals surface area contributed by atoms with Crippen LogP contribution in [0.2, 0.25) is 5.15 Å². The molecule has 58 heavy (non-hydrogen) atoms. The summed E-state index contributed by atoms with van der Waals surface area (Å²) in [6.45, 7) is 6.76. The molecule has 1 aliphatic heterocycles. The van der Waals surface area contributed by atoms with Crippen molar-refractivity contribution in [3.63, 3.8) is 0 Å². The number of carbonyl (C=O) groups excluding carboxylic acids is 1. The Morgan fingerprint density at radius 2 is 1.78 bits per heavy atom. The van der Waals surface area contributed by atoms with Gasteiger partial charge in [-0.05, 0) is 26.0 Å². The number of nitrogens with two attached hydrogens (primary N) is 2. The number of hydrogen-bond acceptors (Lipinski definition) is 16. The lowest BCUT2D eigenvalue weighted by atomic mass is 10.1. The van der Waals surface area contributed by atoms with E-state index in [4.69, 9.17) is 47.0 Å². The Morgan fingerprint density at radius 3 is 2.57 bits per heavy atom. The zero-order chi connectivity index (χ0) is 40.5. The minimum absolute atomic E-state index is 0.0510. The predicted molar refractivity (Wildman–Crippen MR) is 213 cm³/mol. The van der Waals surface area contributed by atoms with Gasteiger partial charge in [0.2, 0.25) is 17.5 Å². The number of aromatic nitrogens is 11. The third-order valence-corrected chi connectivity index (χ3v) is 9.82. The number of halogens is 1. The lowest BCUT2D eigenvalue weighted by Gasteiger charge is -2.15. The third-order valence-electron chi connectivity index (χ3n) is 9.55. The van der Waals surface area contributed by atoms with Crippen LogP contribution in [0.5, 0.6) is 17.2 Å². The molecule has 20 nitrogen and oxygen atoms in total. The molecule has 5 N–H and O–H groups in total. The van der Waals surface area contributed by atoms with E-state index in [9.17, 15) is 4.79 Å². The number of hydrogen-bond donors (Lipinski definition) is 3. The van der Waals surface area contributed by atoms with Gasteiger partial charge in [0.1, 0.15) is 40.2 Å². The molecule has 1 aromatic carbocycles. The van der Waals surface area contributed by atoms with E-state index in [-0.39, 0.29) is 41.4 Å². The van der Waals surface area contributed by atoms with E-state index in [1.807, 2.05) is 41.3 Å². The van der Waals surface area contributed by atoms with Gasteiger partial charge < -0.3 is 40.3 Å². The number of benzene rings is 1. The van der Waals surface area contributed by atoms with Crippen LogP contribution in [0.4, 0.5) is 17.7 Å². The lowest BCUT2D eigenvalue weighted by molar-refractivity contribution is 0.0915. The largest absolute Gasteiger partial charge is 0.496 e. The fourth-order valence-electron chi connectivity index (χ4n) is 6.82. The highest BCUT2D eigenvalue weighted by Crippen LogP contribution is 2.38. The second-order valence-electron chi connectivity index (χ2n) is 13.2. The smallest absolute Gasteiger partial charge is 0.283 e. The van der Waals surface area contributed by atoms with Gasteiger partial charge in [-0.1, -0.05) is 16.8 Å². The van der Waals surface area contributed by atoms with Crippen molar-refractivity contribution in [2.75, 3.05) is 57.4 Å². The third kappa shape index (κ3) is 7.25. The molecule has 0 spiro atoms. The van der Waals surface area contributed by atoms with Crippen LogP contribution in [0.25, 0.3) is 33.2 Å². The molecule has 1 aliphatic rings. The summed E-state index contributed by atoms with van der Waals surface area (Å²) < 4.78 is 28.8. The number of nitrogens with one attached hydrogen (secondary N) is 1. The van der Waals surface area contributed by atoms with E-state index in [1.165, 1.54) is 19.5 Å². The van der Waals surface area contributed by atoms with Gasteiger partial charge in [-0.3, -0.25) is 14.3 Å². The van der Waals surface area contributed by atoms with Gasteiger partial charge in [-0.25, -0.2) is 24.6 Å². The van der Waals surface area contributed by atoms with Gasteiger partial charge in [-0.15, -0.1) is 5.10 Å². The molecule has 1 amide bonds. The summed E-state index contributed by atoms with van der Waals surface area (Å²) in [7, 11) is 3.17. The Balaban J connectivity index is 0.934. The van der Waals surface area contributed by atoms with Crippen LogP contribution in [-0.2, 0) is 24.4 Å². The summed E-state index contributed by atoms with van der Waals surface area (Å²) in [4.78, 5) is 43.1. The highest BCUT2D eigenvalue weighted by atomic mass is 35.5. The van der Waals surface area contributed by atoms with E-state index in [2.05, 4.69) is 45.5 Å². The van der Waals surface area contributed by atoms with E-state index in [0.29, 0.717) is 72.1 Å². The number of fused-ring (bicyclic) bond motifs is 4. The summed E-state index contributed by atoms with van der Waals surface area (Å²) in [6.07, 6.45) is 8.13. The Kier molecular flexibility index (Phi) is 10.4. The SMILES string of the molecule is COc1c(C)cnc(Cn2cc(-c3cn(CCOCCOc4ccc5c6n(c(=NC(=O)c7cnc(N)nc7)nc5c4OC)CCN6)nn3)c3c(Cl)nc(N)nc32)c1C. The number of methoxy groups -OCH3 is 2. The monoisotopic (exact) mass is 807 g/mol. The number of anilines is 3. The first-order valence-electron chi connectivity index (χ1n) is 18.1. The zero-order valence-electron chi connectivity index (χ0n) is 31.9. The standard InChI is InChI=1S/C37H38ClN15O5/c1-19-13-42-24(20(2)29(19)55-3)17-51-16-23(27-31(38)46-36(40)47-33(27)51)25-18-52(50-49-25)9-10-57-11-12-58-26-6-5-22-28(30(26)56-4)45-37(53-8-7-41-32(22)53)48-34(54)21-14-43-35(39)44-15-21/h5-6,13-16,18,41H,7-12,17H2,1-4H3,(H2,39,43,44)(H2,40,46,47). The van der Waals surface area contributed by atoms with Crippen molar-refractivity contribution in [1.82, 2.24) is 54.0 Å². The number of ether oxygens (including phenoxy) is 4. The number of amides is 1. The molecule has 7 heterocycles. The lowest BCUT2D eigenvalue weighted by Crippen LogP contribution is -2.25. The molecule has 21 heteroatoms. The molecular weight excluding hydrogens is 770 g/mol. The van der Waals surface area contributed by atoms with E-state index < -0.39 is 5.91 Å². The van der Waals surface area contributed by atoms with Crippen molar-refractivity contribution in [2.24, 2.45) is 4.99 Å². The molecule has 0 atom stereocenters. The number of nitrogens with zero attached hydrogens (tertiary/aromatic N) is 12. The molecule has 0 aliphatic carbocycles. The van der Waals surface area contributed by atoms with Crippen molar-refractivity contribution in [3.8, 4) is 28.5 Å². The average Bonchev–Trinajstić information content (AvgIpc) is 3.97. The first-order valence-corrected chi connectivity index (χ1v) is 18.4. The van der Waals surface area contributed by atoms with E-state index in [1.54, 1.807) is 24.2 Å². The van der Waals surface area contributed by atoms with Gasteiger partial charge in [0, 0.05) is 60.0 Å². The minimum atomic E-state index is -0.556. The number of nitrogen functional groups attached to an aromatic ring is 2.